The first-order chi connectivity index (χ1) is 8.70. The van der Waals surface area contributed by atoms with Crippen molar-refractivity contribution in [3.8, 4) is 11.3 Å². The first kappa shape index (κ1) is 14.3. The summed E-state index contributed by atoms with van der Waals surface area (Å²) in [6.45, 7) is 0. The van der Waals surface area contributed by atoms with E-state index >= 15 is 0 Å². The molecule has 0 atom stereocenters. The van der Waals surface area contributed by atoms with Crippen LogP contribution in [0.5, 0.6) is 0 Å². The molecule has 1 heterocycles. The van der Waals surface area contributed by atoms with E-state index in [0.717, 1.165) is 0 Å². The minimum Gasteiger partial charge on any atom is -0.416 e. The minimum absolute atomic E-state index is 0.0696. The van der Waals surface area contributed by atoms with Crippen molar-refractivity contribution in [1.29, 1.82) is 0 Å². The van der Waals surface area contributed by atoms with Gasteiger partial charge in [0.05, 0.1) is 15.1 Å². The predicted octanol–water partition coefficient (Wildman–Crippen LogP) is 4.90. The molecular weight excluding hydrogens is 327 g/mol. The molecule has 2 rings (SSSR count). The Hall–Kier alpha value is -1.11. The Kier molecular flexibility index (Phi) is 3.59. The fourth-order valence-electron chi connectivity index (χ4n) is 1.35. The Morgan fingerprint density at radius 1 is 1.11 bits per heavy atom. The van der Waals surface area contributed by atoms with E-state index in [-0.39, 0.29) is 26.3 Å². The zero-order valence-electron chi connectivity index (χ0n) is 8.86. The molecule has 0 aliphatic heterocycles. The fraction of sp³-hybridized carbons (Fsp3) is 0.100. The number of benzene rings is 1. The van der Waals surface area contributed by atoms with Crippen LogP contribution in [-0.4, -0.2) is 4.98 Å². The number of aromatic nitrogens is 1. The van der Waals surface area contributed by atoms with Gasteiger partial charge in [0.2, 0.25) is 5.88 Å². The summed E-state index contributed by atoms with van der Waals surface area (Å²) in [4.78, 5) is 3.29. The minimum atomic E-state index is -4.73. The molecule has 0 aliphatic rings. The van der Waals surface area contributed by atoms with Gasteiger partial charge in [-0.25, -0.2) is 4.98 Å². The van der Waals surface area contributed by atoms with Gasteiger partial charge in [-0.05, 0) is 12.1 Å². The molecule has 2 N–H and O–H groups in total. The number of nitrogens with two attached hydrogens (primary N) is 1. The molecule has 1 aromatic heterocycles. The van der Waals surface area contributed by atoms with Crippen molar-refractivity contribution in [2.45, 2.75) is 6.18 Å². The number of nitrogens with zero attached hydrogens (tertiary/aromatic N) is 1. The quantitative estimate of drug-likeness (QED) is 0.756. The molecular formula is C10H4Cl3F3N2O. The number of hydrogen-bond acceptors (Lipinski definition) is 3. The van der Waals surface area contributed by atoms with Crippen molar-refractivity contribution < 1.29 is 17.6 Å². The molecule has 0 fully saturated rings. The van der Waals surface area contributed by atoms with Crippen molar-refractivity contribution in [3.05, 3.63) is 33.1 Å². The number of hydrogen-bond donors (Lipinski definition) is 1. The molecule has 0 spiro atoms. The third-order valence-electron chi connectivity index (χ3n) is 2.15. The lowest BCUT2D eigenvalue weighted by Crippen LogP contribution is -2.04. The van der Waals surface area contributed by atoms with Gasteiger partial charge >= 0.3 is 12.1 Å². The van der Waals surface area contributed by atoms with Gasteiger partial charge < -0.3 is 10.2 Å². The number of oxazole rings is 1. The number of anilines is 1. The average Bonchev–Trinajstić information content (AvgIpc) is 2.67. The van der Waals surface area contributed by atoms with E-state index in [1.54, 1.807) is 0 Å². The summed E-state index contributed by atoms with van der Waals surface area (Å²) in [5.41, 5.74) is 5.34. The summed E-state index contributed by atoms with van der Waals surface area (Å²) in [5, 5.41) is 0.227. The summed E-state index contributed by atoms with van der Waals surface area (Å²) in [7, 11) is 0. The second-order valence-corrected chi connectivity index (χ2v) is 4.68. The monoisotopic (exact) mass is 330 g/mol. The summed E-state index contributed by atoms with van der Waals surface area (Å²) in [6, 6.07) is 2.59. The van der Waals surface area contributed by atoms with Gasteiger partial charge in [0.25, 0.3) is 0 Å². The third-order valence-corrected chi connectivity index (χ3v) is 3.35. The van der Waals surface area contributed by atoms with E-state index in [4.69, 9.17) is 40.5 Å². The summed E-state index contributed by atoms with van der Waals surface area (Å²) < 4.78 is 41.7. The molecule has 0 radical (unpaired) electrons. The largest absolute Gasteiger partial charge is 0.469 e. The Labute approximate surface area is 120 Å². The topological polar surface area (TPSA) is 52.0 Å². The zero-order valence-corrected chi connectivity index (χ0v) is 11.1. The number of rotatable bonds is 1. The van der Waals surface area contributed by atoms with E-state index in [9.17, 15) is 13.2 Å². The highest BCUT2D eigenvalue weighted by Crippen LogP contribution is 2.39. The second-order valence-electron chi connectivity index (χ2n) is 3.48. The van der Waals surface area contributed by atoms with E-state index in [2.05, 4.69) is 9.40 Å². The van der Waals surface area contributed by atoms with Gasteiger partial charge in [-0.3, -0.25) is 0 Å². The van der Waals surface area contributed by atoms with Gasteiger partial charge in [0, 0.05) is 5.56 Å². The average molecular weight is 332 g/mol. The Morgan fingerprint density at radius 2 is 1.63 bits per heavy atom. The second kappa shape index (κ2) is 4.77. The maximum atomic E-state index is 12.4. The van der Waals surface area contributed by atoms with Crippen molar-refractivity contribution >= 4 is 40.7 Å². The molecule has 2 aromatic rings. The van der Waals surface area contributed by atoms with Crippen LogP contribution >= 0.6 is 34.8 Å². The molecule has 0 amide bonds. The van der Waals surface area contributed by atoms with Crippen LogP contribution < -0.4 is 5.73 Å². The normalized spacial score (nSPS) is 11.9. The zero-order chi connectivity index (χ0) is 14.4. The van der Waals surface area contributed by atoms with Crippen LogP contribution in [0.2, 0.25) is 15.1 Å². The highest BCUT2D eigenvalue weighted by Gasteiger charge is 2.38. The smallest absolute Gasteiger partial charge is 0.416 e. The van der Waals surface area contributed by atoms with Crippen LogP contribution in [-0.2, 0) is 6.18 Å². The van der Waals surface area contributed by atoms with Gasteiger partial charge in [-0.2, -0.15) is 13.2 Å². The maximum absolute atomic E-state index is 12.4. The highest BCUT2D eigenvalue weighted by molar-refractivity contribution is 6.48. The summed E-state index contributed by atoms with van der Waals surface area (Å²) in [6.07, 6.45) is -4.73. The Balaban J connectivity index is 2.57. The van der Waals surface area contributed by atoms with Crippen LogP contribution in [0.15, 0.2) is 16.5 Å². The highest BCUT2D eigenvalue weighted by atomic mass is 35.5. The maximum Gasteiger partial charge on any atom is 0.469 e. The molecule has 0 bridgehead atoms. The van der Waals surface area contributed by atoms with E-state index < -0.39 is 18.0 Å². The molecule has 0 unspecified atom stereocenters. The van der Waals surface area contributed by atoms with Crippen molar-refractivity contribution in [1.82, 2.24) is 4.98 Å². The van der Waals surface area contributed by atoms with Gasteiger partial charge in [0.1, 0.15) is 5.69 Å². The van der Waals surface area contributed by atoms with Crippen LogP contribution in [0.1, 0.15) is 5.89 Å². The number of halogens is 6. The Morgan fingerprint density at radius 3 is 2.05 bits per heavy atom. The molecule has 0 saturated heterocycles. The van der Waals surface area contributed by atoms with Crippen LogP contribution in [0.25, 0.3) is 11.3 Å². The third kappa shape index (κ3) is 2.75. The van der Waals surface area contributed by atoms with E-state index in [1.807, 2.05) is 0 Å². The molecule has 0 aliphatic carbocycles. The van der Waals surface area contributed by atoms with Gasteiger partial charge in [0.15, 0.2) is 0 Å². The standard InChI is InChI=1S/C10H4Cl3F3N2O/c11-4-1-3(2-5(12)6(4)13)7-8(17)19-9(18-7)10(14,15)16/h1-2H,17H2. The predicted molar refractivity (Wildman–Crippen MR) is 66.4 cm³/mol. The van der Waals surface area contributed by atoms with Crippen LogP contribution in [0.4, 0.5) is 19.1 Å². The van der Waals surface area contributed by atoms with Crippen molar-refractivity contribution in [3.63, 3.8) is 0 Å². The van der Waals surface area contributed by atoms with Gasteiger partial charge in [-0.15, -0.1) is 0 Å². The van der Waals surface area contributed by atoms with Crippen LogP contribution in [0.3, 0.4) is 0 Å². The molecule has 19 heavy (non-hydrogen) atoms. The SMILES string of the molecule is Nc1oc(C(F)(F)F)nc1-c1cc(Cl)c(Cl)c(Cl)c1. The molecule has 102 valence electrons. The van der Waals surface area contributed by atoms with E-state index in [1.165, 1.54) is 12.1 Å². The lowest BCUT2D eigenvalue weighted by Gasteiger charge is -2.03. The molecule has 0 saturated carbocycles. The van der Waals surface area contributed by atoms with Gasteiger partial charge in [-0.1, -0.05) is 34.8 Å². The summed E-state index contributed by atoms with van der Waals surface area (Å²) in [5.74, 6) is -1.93. The summed E-state index contributed by atoms with van der Waals surface area (Å²) >= 11 is 17.3. The first-order valence-electron chi connectivity index (χ1n) is 4.68. The van der Waals surface area contributed by atoms with Crippen LogP contribution in [0, 0.1) is 0 Å². The van der Waals surface area contributed by atoms with E-state index in [0.29, 0.717) is 0 Å². The van der Waals surface area contributed by atoms with Crippen molar-refractivity contribution in [2.24, 2.45) is 0 Å². The number of alkyl halides is 3. The first-order valence-corrected chi connectivity index (χ1v) is 5.82. The Bertz CT molecular complexity index is 616. The molecule has 9 heteroatoms. The fourth-order valence-corrected chi connectivity index (χ4v) is 1.95. The molecule has 3 nitrogen and oxygen atoms in total. The molecule has 1 aromatic carbocycles. The van der Waals surface area contributed by atoms with Crippen molar-refractivity contribution in [2.75, 3.05) is 5.73 Å². The lowest BCUT2D eigenvalue weighted by atomic mass is 10.1. The number of nitrogen functional groups attached to an aromatic ring is 1. The lowest BCUT2D eigenvalue weighted by molar-refractivity contribution is -0.156.